The molecule has 4 nitrogen and oxygen atoms in total. The van der Waals surface area contributed by atoms with Crippen LogP contribution in [-0.4, -0.2) is 16.1 Å². The minimum absolute atomic E-state index is 0.0107. The highest BCUT2D eigenvalue weighted by Crippen LogP contribution is 2.50. The minimum atomic E-state index is -0.0107. The Labute approximate surface area is 132 Å². The SMILES string of the molecule is CCCc1nnc(NC(=O)C2CC2c2ccccc2Cl)s1. The Balaban J connectivity index is 1.61. The first-order chi connectivity index (χ1) is 10.2. The maximum Gasteiger partial charge on any atom is 0.229 e. The van der Waals surface area contributed by atoms with Crippen LogP contribution in [0.2, 0.25) is 5.02 Å². The molecule has 1 aliphatic carbocycles. The number of hydrogen-bond acceptors (Lipinski definition) is 4. The molecule has 1 fully saturated rings. The normalized spacial score (nSPS) is 20.3. The van der Waals surface area contributed by atoms with Gasteiger partial charge in [-0.3, -0.25) is 4.79 Å². The van der Waals surface area contributed by atoms with Gasteiger partial charge in [0.25, 0.3) is 0 Å². The summed E-state index contributed by atoms with van der Waals surface area (Å²) in [5, 5.41) is 13.2. The van der Waals surface area contributed by atoms with E-state index in [1.165, 1.54) is 11.3 Å². The first-order valence-corrected chi connectivity index (χ1v) is 8.26. The summed E-state index contributed by atoms with van der Waals surface area (Å²) in [6.45, 7) is 2.10. The van der Waals surface area contributed by atoms with Crippen LogP contribution in [0.3, 0.4) is 0 Å². The lowest BCUT2D eigenvalue weighted by Gasteiger charge is -2.03. The molecule has 1 saturated carbocycles. The Hall–Kier alpha value is -1.46. The smallest absolute Gasteiger partial charge is 0.229 e. The molecule has 2 aromatic rings. The largest absolute Gasteiger partial charge is 0.300 e. The first kappa shape index (κ1) is 14.5. The van der Waals surface area contributed by atoms with Gasteiger partial charge in [0.2, 0.25) is 11.0 Å². The van der Waals surface area contributed by atoms with Gasteiger partial charge in [-0.05, 0) is 30.4 Å². The number of aromatic nitrogens is 2. The van der Waals surface area contributed by atoms with Crippen molar-refractivity contribution in [2.24, 2.45) is 5.92 Å². The van der Waals surface area contributed by atoms with Crippen LogP contribution < -0.4 is 5.32 Å². The number of anilines is 1. The molecule has 0 saturated heterocycles. The summed E-state index contributed by atoms with van der Waals surface area (Å²) in [5.41, 5.74) is 1.06. The second-order valence-corrected chi connectivity index (χ2v) is 6.68. The number of nitrogens with zero attached hydrogens (tertiary/aromatic N) is 2. The van der Waals surface area contributed by atoms with Gasteiger partial charge in [0.15, 0.2) is 0 Å². The van der Waals surface area contributed by atoms with Crippen molar-refractivity contribution in [2.45, 2.75) is 32.1 Å². The number of aryl methyl sites for hydroxylation is 1. The van der Waals surface area contributed by atoms with E-state index in [2.05, 4.69) is 22.4 Å². The maximum atomic E-state index is 12.2. The second kappa shape index (κ2) is 6.12. The van der Waals surface area contributed by atoms with Gasteiger partial charge in [-0.1, -0.05) is 48.1 Å². The summed E-state index contributed by atoms with van der Waals surface area (Å²) >= 11 is 7.63. The third-order valence-electron chi connectivity index (χ3n) is 3.59. The van der Waals surface area contributed by atoms with E-state index in [1.807, 2.05) is 24.3 Å². The van der Waals surface area contributed by atoms with E-state index in [-0.39, 0.29) is 17.7 Å². The molecule has 2 atom stereocenters. The standard InChI is InChI=1S/C15H16ClN3OS/c1-2-5-13-18-19-15(21-13)17-14(20)11-8-10(11)9-6-3-4-7-12(9)16/h3-4,6-7,10-11H,2,5,8H2,1H3,(H,17,19,20). The average molecular weight is 322 g/mol. The number of nitrogens with one attached hydrogen (secondary N) is 1. The van der Waals surface area contributed by atoms with Crippen molar-refractivity contribution in [1.82, 2.24) is 10.2 Å². The third-order valence-corrected chi connectivity index (χ3v) is 4.84. The van der Waals surface area contributed by atoms with E-state index in [0.29, 0.717) is 5.13 Å². The summed E-state index contributed by atoms with van der Waals surface area (Å²) in [6.07, 6.45) is 2.77. The lowest BCUT2D eigenvalue weighted by atomic mass is 10.1. The third kappa shape index (κ3) is 3.24. The molecule has 1 aromatic heterocycles. The van der Waals surface area contributed by atoms with Crippen molar-refractivity contribution in [2.75, 3.05) is 5.32 Å². The van der Waals surface area contributed by atoms with E-state index < -0.39 is 0 Å². The Bertz CT molecular complexity index is 658. The van der Waals surface area contributed by atoms with E-state index in [9.17, 15) is 4.79 Å². The zero-order valence-electron chi connectivity index (χ0n) is 11.7. The highest BCUT2D eigenvalue weighted by molar-refractivity contribution is 7.15. The van der Waals surface area contributed by atoms with Crippen molar-refractivity contribution in [3.63, 3.8) is 0 Å². The topological polar surface area (TPSA) is 54.9 Å². The Morgan fingerprint density at radius 1 is 1.43 bits per heavy atom. The van der Waals surface area contributed by atoms with Crippen LogP contribution in [0.4, 0.5) is 5.13 Å². The summed E-state index contributed by atoms with van der Waals surface area (Å²) in [6, 6.07) is 7.71. The molecule has 1 amide bonds. The molecule has 1 N–H and O–H groups in total. The molecule has 6 heteroatoms. The van der Waals surface area contributed by atoms with E-state index in [1.54, 1.807) is 0 Å². The number of benzene rings is 1. The quantitative estimate of drug-likeness (QED) is 0.909. The molecule has 21 heavy (non-hydrogen) atoms. The van der Waals surface area contributed by atoms with Crippen molar-refractivity contribution in [3.8, 4) is 0 Å². The van der Waals surface area contributed by atoms with Gasteiger partial charge in [-0.25, -0.2) is 0 Å². The van der Waals surface area contributed by atoms with Gasteiger partial charge in [0.1, 0.15) is 5.01 Å². The highest BCUT2D eigenvalue weighted by Gasteiger charge is 2.45. The molecule has 0 bridgehead atoms. The van der Waals surface area contributed by atoms with Crippen LogP contribution in [0.5, 0.6) is 0 Å². The van der Waals surface area contributed by atoms with Crippen LogP contribution in [0.1, 0.15) is 36.3 Å². The molecule has 3 rings (SSSR count). The van der Waals surface area contributed by atoms with Crippen LogP contribution in [0.15, 0.2) is 24.3 Å². The molecular formula is C15H16ClN3OS. The zero-order chi connectivity index (χ0) is 14.8. The fourth-order valence-electron chi connectivity index (χ4n) is 2.42. The van der Waals surface area contributed by atoms with E-state index in [0.717, 1.165) is 34.9 Å². The maximum absolute atomic E-state index is 12.2. The van der Waals surface area contributed by atoms with Gasteiger partial charge in [0.05, 0.1) is 0 Å². The number of hydrogen-bond donors (Lipinski definition) is 1. The van der Waals surface area contributed by atoms with Crippen molar-refractivity contribution in [3.05, 3.63) is 39.9 Å². The van der Waals surface area contributed by atoms with Crippen molar-refractivity contribution >= 4 is 34.0 Å². The van der Waals surface area contributed by atoms with Gasteiger partial charge in [0, 0.05) is 17.4 Å². The molecule has 1 aromatic carbocycles. The molecule has 0 radical (unpaired) electrons. The molecule has 0 spiro atoms. The zero-order valence-corrected chi connectivity index (χ0v) is 13.2. The predicted molar refractivity (Wildman–Crippen MR) is 84.8 cm³/mol. The number of carbonyl (C=O) groups is 1. The second-order valence-electron chi connectivity index (χ2n) is 5.21. The summed E-state index contributed by atoms with van der Waals surface area (Å²) in [5.74, 6) is 0.226. The van der Waals surface area contributed by atoms with Gasteiger partial charge >= 0.3 is 0 Å². The fraction of sp³-hybridized carbons (Fsp3) is 0.400. The van der Waals surface area contributed by atoms with Crippen LogP contribution in [-0.2, 0) is 11.2 Å². The summed E-state index contributed by atoms with van der Waals surface area (Å²) in [7, 11) is 0. The van der Waals surface area contributed by atoms with Crippen LogP contribution in [0, 0.1) is 5.92 Å². The summed E-state index contributed by atoms with van der Waals surface area (Å²) in [4.78, 5) is 12.2. The van der Waals surface area contributed by atoms with Gasteiger partial charge < -0.3 is 5.32 Å². The molecule has 0 aliphatic heterocycles. The molecule has 110 valence electrons. The predicted octanol–water partition coefficient (Wildman–Crippen LogP) is 3.89. The van der Waals surface area contributed by atoms with E-state index in [4.69, 9.17) is 11.6 Å². The van der Waals surface area contributed by atoms with Crippen molar-refractivity contribution in [1.29, 1.82) is 0 Å². The summed E-state index contributed by atoms with van der Waals surface area (Å²) < 4.78 is 0. The van der Waals surface area contributed by atoms with Crippen LogP contribution in [0.25, 0.3) is 0 Å². The van der Waals surface area contributed by atoms with Crippen molar-refractivity contribution < 1.29 is 4.79 Å². The lowest BCUT2D eigenvalue weighted by Crippen LogP contribution is -2.14. The monoisotopic (exact) mass is 321 g/mol. The molecule has 1 heterocycles. The number of carbonyl (C=O) groups excluding carboxylic acids is 1. The molecule has 1 aliphatic rings. The molecule has 2 unspecified atom stereocenters. The average Bonchev–Trinajstić information content (AvgIpc) is 3.15. The number of amides is 1. The van der Waals surface area contributed by atoms with Gasteiger partial charge in [-0.2, -0.15) is 0 Å². The van der Waals surface area contributed by atoms with E-state index >= 15 is 0 Å². The Morgan fingerprint density at radius 2 is 2.24 bits per heavy atom. The Kier molecular flexibility index (Phi) is 4.22. The van der Waals surface area contributed by atoms with Gasteiger partial charge in [-0.15, -0.1) is 10.2 Å². The number of halogens is 1. The minimum Gasteiger partial charge on any atom is -0.300 e. The fourth-order valence-corrected chi connectivity index (χ4v) is 3.54. The number of rotatable bonds is 5. The molecular weight excluding hydrogens is 306 g/mol. The van der Waals surface area contributed by atoms with Crippen LogP contribution >= 0.6 is 22.9 Å². The highest BCUT2D eigenvalue weighted by atomic mass is 35.5. The Morgan fingerprint density at radius 3 is 3.00 bits per heavy atom. The lowest BCUT2D eigenvalue weighted by molar-refractivity contribution is -0.117. The first-order valence-electron chi connectivity index (χ1n) is 7.06.